The molecule has 3 N–H and O–H groups in total. The molecule has 1 aromatic carbocycles. The van der Waals surface area contributed by atoms with Gasteiger partial charge in [0.15, 0.2) is 0 Å². The Morgan fingerprint density at radius 2 is 1.95 bits per heavy atom. The smallest absolute Gasteiger partial charge is 0.241 e. The molecule has 0 heterocycles. The van der Waals surface area contributed by atoms with Crippen LogP contribution < -0.4 is 10.5 Å². The van der Waals surface area contributed by atoms with Crippen molar-refractivity contribution in [2.75, 3.05) is 5.73 Å². The molecule has 0 bridgehead atoms. The topological polar surface area (TPSA) is 72.2 Å². The third kappa shape index (κ3) is 3.52. The van der Waals surface area contributed by atoms with Gasteiger partial charge in [-0.05, 0) is 42.9 Å². The Kier molecular flexibility index (Phi) is 4.85. The second-order valence-corrected chi connectivity index (χ2v) is 8.23. The third-order valence-corrected chi connectivity index (χ3v) is 6.50. The lowest BCUT2D eigenvalue weighted by molar-refractivity contribution is 0.227. The molecule has 6 heteroatoms. The van der Waals surface area contributed by atoms with Crippen molar-refractivity contribution < 1.29 is 8.42 Å². The van der Waals surface area contributed by atoms with Crippen LogP contribution in [0.2, 0.25) is 5.02 Å². The van der Waals surface area contributed by atoms with Gasteiger partial charge in [0.2, 0.25) is 10.0 Å². The summed E-state index contributed by atoms with van der Waals surface area (Å²) < 4.78 is 28.2. The van der Waals surface area contributed by atoms with Crippen LogP contribution in [0.4, 0.5) is 5.69 Å². The highest BCUT2D eigenvalue weighted by molar-refractivity contribution is 7.89. The van der Waals surface area contributed by atoms with Gasteiger partial charge in [-0.2, -0.15) is 0 Å². The van der Waals surface area contributed by atoms with E-state index < -0.39 is 10.0 Å². The van der Waals surface area contributed by atoms with Crippen molar-refractivity contribution in [3.63, 3.8) is 0 Å². The van der Waals surface area contributed by atoms with Crippen LogP contribution in [0.3, 0.4) is 0 Å². The molecule has 0 aromatic heterocycles. The maximum absolute atomic E-state index is 12.7. The van der Waals surface area contributed by atoms with E-state index in [0.29, 0.717) is 28.1 Å². The second-order valence-electron chi connectivity index (χ2n) is 6.11. The van der Waals surface area contributed by atoms with Gasteiger partial charge in [-0.15, -0.1) is 0 Å². The Labute approximate surface area is 132 Å². The summed E-state index contributed by atoms with van der Waals surface area (Å²) in [5.41, 5.74) is 6.77. The molecule has 1 aliphatic carbocycles. The third-order valence-electron chi connectivity index (χ3n) is 4.67. The summed E-state index contributed by atoms with van der Waals surface area (Å²) in [6, 6.07) is 3.01. The Morgan fingerprint density at radius 1 is 1.29 bits per heavy atom. The van der Waals surface area contributed by atoms with E-state index in [4.69, 9.17) is 17.3 Å². The average molecular weight is 331 g/mol. The summed E-state index contributed by atoms with van der Waals surface area (Å²) in [6.07, 6.45) is 3.08. The number of sulfonamides is 1. The Hall–Kier alpha value is -0.780. The molecular weight excluding hydrogens is 308 g/mol. The van der Waals surface area contributed by atoms with Gasteiger partial charge in [-0.25, -0.2) is 13.1 Å². The molecule has 0 radical (unpaired) electrons. The number of hydrogen-bond donors (Lipinski definition) is 2. The van der Waals surface area contributed by atoms with E-state index in [1.807, 2.05) is 0 Å². The number of benzene rings is 1. The molecule has 0 saturated heterocycles. The first kappa shape index (κ1) is 16.6. The van der Waals surface area contributed by atoms with Crippen molar-refractivity contribution in [3.8, 4) is 0 Å². The molecule has 1 fully saturated rings. The van der Waals surface area contributed by atoms with Gasteiger partial charge in [0.1, 0.15) is 0 Å². The van der Waals surface area contributed by atoms with Gasteiger partial charge >= 0.3 is 0 Å². The Morgan fingerprint density at radius 3 is 2.62 bits per heavy atom. The molecule has 0 amide bonds. The number of nitrogens with two attached hydrogens (primary N) is 1. The van der Waals surface area contributed by atoms with Crippen molar-refractivity contribution in [2.24, 2.45) is 11.8 Å². The molecule has 118 valence electrons. The normalized spacial score (nSPS) is 26.8. The fourth-order valence-corrected chi connectivity index (χ4v) is 4.92. The SMILES string of the molecule is Cc1c(N)cc(Cl)cc1S(=O)(=O)NC1CCCC(C)C1C. The highest BCUT2D eigenvalue weighted by Crippen LogP contribution is 2.32. The monoisotopic (exact) mass is 330 g/mol. The number of halogens is 1. The molecular formula is C15H23ClN2O2S. The summed E-state index contributed by atoms with van der Waals surface area (Å²) in [6.45, 7) is 5.98. The maximum Gasteiger partial charge on any atom is 0.241 e. The minimum absolute atomic E-state index is 0.0293. The Balaban J connectivity index is 2.31. The molecule has 0 spiro atoms. The van der Waals surface area contributed by atoms with Crippen LogP contribution in [0.1, 0.15) is 38.7 Å². The van der Waals surface area contributed by atoms with Gasteiger partial charge in [0.25, 0.3) is 0 Å². The molecule has 1 aliphatic rings. The molecule has 21 heavy (non-hydrogen) atoms. The number of nitrogens with one attached hydrogen (secondary N) is 1. The summed E-state index contributed by atoms with van der Waals surface area (Å²) in [5, 5.41) is 0.337. The van der Waals surface area contributed by atoms with Gasteiger partial charge in [-0.1, -0.05) is 38.3 Å². The van der Waals surface area contributed by atoms with Crippen molar-refractivity contribution in [1.82, 2.24) is 4.72 Å². The van der Waals surface area contributed by atoms with Crippen molar-refractivity contribution >= 4 is 27.3 Å². The lowest BCUT2D eigenvalue weighted by Gasteiger charge is -2.34. The van der Waals surface area contributed by atoms with E-state index in [1.165, 1.54) is 6.07 Å². The van der Waals surface area contributed by atoms with E-state index >= 15 is 0 Å². The van der Waals surface area contributed by atoms with Gasteiger partial charge in [-0.3, -0.25) is 0 Å². The van der Waals surface area contributed by atoms with Crippen LogP contribution in [0.25, 0.3) is 0 Å². The maximum atomic E-state index is 12.7. The van der Waals surface area contributed by atoms with Gasteiger partial charge in [0.05, 0.1) is 4.90 Å². The van der Waals surface area contributed by atoms with Crippen LogP contribution in [-0.2, 0) is 10.0 Å². The quantitative estimate of drug-likeness (QED) is 0.835. The van der Waals surface area contributed by atoms with E-state index in [-0.39, 0.29) is 10.9 Å². The first-order valence-electron chi connectivity index (χ1n) is 7.30. The van der Waals surface area contributed by atoms with Gasteiger partial charge in [0, 0.05) is 16.8 Å². The van der Waals surface area contributed by atoms with Crippen LogP contribution in [0.15, 0.2) is 17.0 Å². The first-order valence-corrected chi connectivity index (χ1v) is 9.16. The number of rotatable bonds is 3. The van der Waals surface area contributed by atoms with Crippen LogP contribution in [0.5, 0.6) is 0 Å². The second kappa shape index (κ2) is 6.15. The molecule has 3 unspecified atom stereocenters. The molecule has 1 saturated carbocycles. The zero-order valence-corrected chi connectivity index (χ0v) is 14.3. The van der Waals surface area contributed by atoms with E-state index in [1.54, 1.807) is 13.0 Å². The highest BCUT2D eigenvalue weighted by Gasteiger charge is 2.31. The van der Waals surface area contributed by atoms with Crippen molar-refractivity contribution in [3.05, 3.63) is 22.7 Å². The zero-order valence-electron chi connectivity index (χ0n) is 12.7. The molecule has 3 atom stereocenters. The van der Waals surface area contributed by atoms with Crippen molar-refractivity contribution in [2.45, 2.75) is 51.0 Å². The predicted molar refractivity (Wildman–Crippen MR) is 86.9 cm³/mol. The number of hydrogen-bond acceptors (Lipinski definition) is 3. The zero-order chi connectivity index (χ0) is 15.8. The Bertz CT molecular complexity index is 631. The van der Waals surface area contributed by atoms with E-state index in [9.17, 15) is 8.42 Å². The minimum atomic E-state index is -3.61. The van der Waals surface area contributed by atoms with E-state index in [0.717, 1.165) is 19.3 Å². The summed E-state index contributed by atoms with van der Waals surface area (Å²) >= 11 is 5.95. The van der Waals surface area contributed by atoms with Crippen LogP contribution in [0, 0.1) is 18.8 Å². The molecule has 2 rings (SSSR count). The minimum Gasteiger partial charge on any atom is -0.398 e. The summed E-state index contributed by atoms with van der Waals surface area (Å²) in [4.78, 5) is 0.179. The predicted octanol–water partition coefficient (Wildman–Crippen LogP) is 3.33. The average Bonchev–Trinajstić information content (AvgIpc) is 2.39. The van der Waals surface area contributed by atoms with E-state index in [2.05, 4.69) is 18.6 Å². The first-order chi connectivity index (χ1) is 9.72. The van der Waals surface area contributed by atoms with Gasteiger partial charge < -0.3 is 5.73 Å². The van der Waals surface area contributed by atoms with Crippen LogP contribution in [-0.4, -0.2) is 14.5 Å². The lowest BCUT2D eigenvalue weighted by atomic mass is 9.78. The fraction of sp³-hybridized carbons (Fsp3) is 0.600. The summed E-state index contributed by atoms with van der Waals surface area (Å²) in [7, 11) is -3.61. The number of anilines is 1. The standard InChI is InChI=1S/C15H23ClN2O2S/c1-9-5-4-6-14(10(9)2)18-21(19,20)15-8-12(16)7-13(17)11(15)3/h7-10,14,18H,4-6,17H2,1-3H3. The molecule has 4 nitrogen and oxygen atoms in total. The van der Waals surface area contributed by atoms with Crippen LogP contribution >= 0.6 is 11.6 Å². The van der Waals surface area contributed by atoms with Crippen molar-refractivity contribution in [1.29, 1.82) is 0 Å². The summed E-state index contributed by atoms with van der Waals surface area (Å²) in [5.74, 6) is 0.849. The fourth-order valence-electron chi connectivity index (χ4n) is 2.96. The molecule has 1 aromatic rings. The lowest BCUT2D eigenvalue weighted by Crippen LogP contribution is -2.43. The highest BCUT2D eigenvalue weighted by atomic mass is 35.5. The largest absolute Gasteiger partial charge is 0.398 e. The number of nitrogen functional groups attached to an aromatic ring is 1. The molecule has 0 aliphatic heterocycles.